The minimum atomic E-state index is -0.187. The molecule has 0 fully saturated rings. The SMILES string of the molecule is Fc1cc(Br)ccc1CNCCc1ccc(Cl)cc1. The Balaban J connectivity index is 1.79. The fourth-order valence-electron chi connectivity index (χ4n) is 1.77. The Morgan fingerprint density at radius 1 is 1.11 bits per heavy atom. The molecule has 0 aliphatic carbocycles. The van der Waals surface area contributed by atoms with E-state index in [0.29, 0.717) is 12.1 Å². The molecule has 1 N–H and O–H groups in total. The van der Waals surface area contributed by atoms with Gasteiger partial charge in [0, 0.05) is 21.6 Å². The summed E-state index contributed by atoms with van der Waals surface area (Å²) in [5.41, 5.74) is 1.90. The lowest BCUT2D eigenvalue weighted by Gasteiger charge is -2.06. The van der Waals surface area contributed by atoms with Crippen molar-refractivity contribution in [3.63, 3.8) is 0 Å². The first kappa shape index (κ1) is 14.5. The Hall–Kier alpha value is -0.900. The molecular formula is C15H14BrClFN. The van der Waals surface area contributed by atoms with E-state index in [4.69, 9.17) is 11.6 Å². The van der Waals surface area contributed by atoms with E-state index in [0.717, 1.165) is 22.5 Å². The minimum absolute atomic E-state index is 0.187. The van der Waals surface area contributed by atoms with Crippen LogP contribution in [-0.2, 0) is 13.0 Å². The van der Waals surface area contributed by atoms with Crippen LogP contribution in [0.2, 0.25) is 5.02 Å². The first-order valence-electron chi connectivity index (χ1n) is 6.04. The molecule has 0 atom stereocenters. The number of rotatable bonds is 5. The van der Waals surface area contributed by atoms with Gasteiger partial charge in [-0.25, -0.2) is 4.39 Å². The Kier molecular flexibility index (Phi) is 5.37. The molecule has 1 nitrogen and oxygen atoms in total. The lowest BCUT2D eigenvalue weighted by atomic mass is 10.1. The molecular weight excluding hydrogens is 329 g/mol. The monoisotopic (exact) mass is 341 g/mol. The van der Waals surface area contributed by atoms with E-state index in [2.05, 4.69) is 21.2 Å². The predicted octanol–water partition coefficient (Wildman–Crippen LogP) is 4.57. The molecule has 0 aromatic heterocycles. The maximum atomic E-state index is 13.6. The Morgan fingerprint density at radius 2 is 1.84 bits per heavy atom. The Bertz CT molecular complexity index is 542. The standard InChI is InChI=1S/C15H14BrClFN/c16-13-4-3-12(15(18)9-13)10-19-8-7-11-1-5-14(17)6-2-11/h1-6,9,19H,7-8,10H2. The summed E-state index contributed by atoms with van der Waals surface area (Å²) in [4.78, 5) is 0. The second kappa shape index (κ2) is 7.04. The Labute approximate surface area is 125 Å². The highest BCUT2D eigenvalue weighted by atomic mass is 79.9. The van der Waals surface area contributed by atoms with Gasteiger partial charge in [-0.15, -0.1) is 0 Å². The van der Waals surface area contributed by atoms with Gasteiger partial charge in [0.05, 0.1) is 0 Å². The van der Waals surface area contributed by atoms with Crippen LogP contribution in [0.1, 0.15) is 11.1 Å². The third kappa shape index (κ3) is 4.60. The van der Waals surface area contributed by atoms with Gasteiger partial charge in [0.15, 0.2) is 0 Å². The molecule has 2 aromatic rings. The van der Waals surface area contributed by atoms with Gasteiger partial charge < -0.3 is 5.32 Å². The average Bonchev–Trinajstić information content (AvgIpc) is 2.39. The number of hydrogen-bond donors (Lipinski definition) is 1. The number of nitrogens with one attached hydrogen (secondary N) is 1. The van der Waals surface area contributed by atoms with E-state index in [1.165, 1.54) is 11.6 Å². The molecule has 2 aromatic carbocycles. The van der Waals surface area contributed by atoms with Crippen molar-refractivity contribution in [3.8, 4) is 0 Å². The third-order valence-corrected chi connectivity index (χ3v) is 3.58. The van der Waals surface area contributed by atoms with E-state index >= 15 is 0 Å². The van der Waals surface area contributed by atoms with Crippen LogP contribution >= 0.6 is 27.5 Å². The van der Waals surface area contributed by atoms with Crippen molar-refractivity contribution < 1.29 is 4.39 Å². The van der Waals surface area contributed by atoms with Crippen LogP contribution < -0.4 is 5.32 Å². The molecule has 0 aliphatic rings. The summed E-state index contributed by atoms with van der Waals surface area (Å²) >= 11 is 9.07. The average molecular weight is 343 g/mol. The maximum Gasteiger partial charge on any atom is 0.128 e. The third-order valence-electron chi connectivity index (χ3n) is 2.83. The summed E-state index contributed by atoms with van der Waals surface area (Å²) in [6.45, 7) is 1.34. The van der Waals surface area contributed by atoms with Gasteiger partial charge in [0.2, 0.25) is 0 Å². The number of benzene rings is 2. The van der Waals surface area contributed by atoms with Gasteiger partial charge >= 0.3 is 0 Å². The van der Waals surface area contributed by atoms with E-state index < -0.39 is 0 Å². The van der Waals surface area contributed by atoms with Crippen LogP contribution in [0.4, 0.5) is 4.39 Å². The van der Waals surface area contributed by atoms with Gasteiger partial charge in [0.25, 0.3) is 0 Å². The molecule has 0 saturated heterocycles. The lowest BCUT2D eigenvalue weighted by molar-refractivity contribution is 0.587. The van der Waals surface area contributed by atoms with Crippen molar-refractivity contribution in [3.05, 3.63) is 68.9 Å². The van der Waals surface area contributed by atoms with Crippen LogP contribution in [-0.4, -0.2) is 6.54 Å². The molecule has 0 heterocycles. The van der Waals surface area contributed by atoms with E-state index in [1.54, 1.807) is 6.07 Å². The molecule has 0 spiro atoms. The van der Waals surface area contributed by atoms with Crippen molar-refractivity contribution in [1.29, 1.82) is 0 Å². The molecule has 0 unspecified atom stereocenters. The number of halogens is 3. The van der Waals surface area contributed by atoms with E-state index in [-0.39, 0.29) is 5.82 Å². The molecule has 2 rings (SSSR count). The van der Waals surface area contributed by atoms with Crippen molar-refractivity contribution in [2.75, 3.05) is 6.54 Å². The highest BCUT2D eigenvalue weighted by Gasteiger charge is 2.02. The quantitative estimate of drug-likeness (QED) is 0.785. The molecule has 100 valence electrons. The second-order valence-electron chi connectivity index (χ2n) is 4.29. The Morgan fingerprint density at radius 3 is 2.53 bits per heavy atom. The molecule has 19 heavy (non-hydrogen) atoms. The largest absolute Gasteiger partial charge is 0.312 e. The molecule has 0 aliphatic heterocycles. The first-order valence-corrected chi connectivity index (χ1v) is 7.21. The zero-order chi connectivity index (χ0) is 13.7. The highest BCUT2D eigenvalue weighted by Crippen LogP contribution is 2.15. The molecule has 4 heteroatoms. The second-order valence-corrected chi connectivity index (χ2v) is 5.64. The maximum absolute atomic E-state index is 13.6. The van der Waals surface area contributed by atoms with Gasteiger partial charge in [-0.2, -0.15) is 0 Å². The van der Waals surface area contributed by atoms with Gasteiger partial charge in [-0.3, -0.25) is 0 Å². The van der Waals surface area contributed by atoms with Crippen molar-refractivity contribution >= 4 is 27.5 Å². The summed E-state index contributed by atoms with van der Waals surface area (Å²) in [6, 6.07) is 12.9. The molecule has 0 radical (unpaired) electrons. The van der Waals surface area contributed by atoms with Crippen LogP contribution in [0.3, 0.4) is 0 Å². The summed E-state index contributed by atoms with van der Waals surface area (Å²) in [5.74, 6) is -0.187. The zero-order valence-electron chi connectivity index (χ0n) is 10.3. The van der Waals surface area contributed by atoms with Crippen molar-refractivity contribution in [2.24, 2.45) is 0 Å². The van der Waals surface area contributed by atoms with E-state index in [9.17, 15) is 4.39 Å². The fourth-order valence-corrected chi connectivity index (χ4v) is 2.23. The summed E-state index contributed by atoms with van der Waals surface area (Å²) in [6.07, 6.45) is 0.898. The predicted molar refractivity (Wildman–Crippen MR) is 81.0 cm³/mol. The van der Waals surface area contributed by atoms with Crippen molar-refractivity contribution in [2.45, 2.75) is 13.0 Å². The van der Waals surface area contributed by atoms with Gasteiger partial charge in [-0.1, -0.05) is 45.7 Å². The smallest absolute Gasteiger partial charge is 0.128 e. The van der Waals surface area contributed by atoms with E-state index in [1.807, 2.05) is 30.3 Å². The zero-order valence-corrected chi connectivity index (χ0v) is 12.6. The van der Waals surface area contributed by atoms with Crippen LogP contribution in [0.25, 0.3) is 0 Å². The minimum Gasteiger partial charge on any atom is -0.312 e. The normalized spacial score (nSPS) is 10.7. The highest BCUT2D eigenvalue weighted by molar-refractivity contribution is 9.10. The summed E-state index contributed by atoms with van der Waals surface area (Å²) in [7, 11) is 0. The summed E-state index contributed by atoms with van der Waals surface area (Å²) in [5, 5.41) is 3.98. The molecule has 0 saturated carbocycles. The van der Waals surface area contributed by atoms with Crippen LogP contribution in [0.5, 0.6) is 0 Å². The van der Waals surface area contributed by atoms with Crippen LogP contribution in [0, 0.1) is 5.82 Å². The number of hydrogen-bond acceptors (Lipinski definition) is 1. The first-order chi connectivity index (χ1) is 9.15. The summed E-state index contributed by atoms with van der Waals surface area (Å²) < 4.78 is 14.3. The van der Waals surface area contributed by atoms with Crippen LogP contribution in [0.15, 0.2) is 46.9 Å². The molecule has 0 amide bonds. The fraction of sp³-hybridized carbons (Fsp3) is 0.200. The van der Waals surface area contributed by atoms with Crippen molar-refractivity contribution in [1.82, 2.24) is 5.32 Å². The molecule has 0 bridgehead atoms. The van der Waals surface area contributed by atoms with Gasteiger partial charge in [0.1, 0.15) is 5.82 Å². The topological polar surface area (TPSA) is 12.0 Å². The van der Waals surface area contributed by atoms with Gasteiger partial charge in [-0.05, 0) is 42.8 Å². The lowest BCUT2D eigenvalue weighted by Crippen LogP contribution is -2.17.